The standard InChI is InChI=1S/C14H25O2/c1-5-7-9-13(10-8-6-2)11-16-14(15)12(3)4/h3,5-11H2,1-2,4H3. The Morgan fingerprint density at radius 1 is 1.12 bits per heavy atom. The summed E-state index contributed by atoms with van der Waals surface area (Å²) < 4.78 is 5.18. The maximum atomic E-state index is 11.3. The van der Waals surface area contributed by atoms with E-state index in [1.54, 1.807) is 6.92 Å². The lowest BCUT2D eigenvalue weighted by Gasteiger charge is -2.15. The zero-order chi connectivity index (χ0) is 12.4. The number of ether oxygens (including phenoxy) is 1. The average Bonchev–Trinajstić information content (AvgIpc) is 2.27. The van der Waals surface area contributed by atoms with E-state index >= 15 is 0 Å². The summed E-state index contributed by atoms with van der Waals surface area (Å²) in [6.45, 7) is 10.1. The maximum absolute atomic E-state index is 11.3. The summed E-state index contributed by atoms with van der Waals surface area (Å²) in [6.07, 6.45) is 6.90. The van der Waals surface area contributed by atoms with E-state index in [4.69, 9.17) is 4.74 Å². The largest absolute Gasteiger partial charge is 0.462 e. The molecule has 0 aliphatic heterocycles. The van der Waals surface area contributed by atoms with E-state index in [-0.39, 0.29) is 5.97 Å². The molecule has 0 atom stereocenters. The molecule has 0 saturated carbocycles. The molecule has 0 aromatic heterocycles. The minimum atomic E-state index is -0.273. The Balaban J connectivity index is 3.89. The minimum absolute atomic E-state index is 0.273. The molecule has 0 bridgehead atoms. The van der Waals surface area contributed by atoms with E-state index in [0.717, 1.165) is 12.8 Å². The first-order valence-electron chi connectivity index (χ1n) is 6.28. The van der Waals surface area contributed by atoms with Gasteiger partial charge in [0, 0.05) is 11.5 Å². The van der Waals surface area contributed by atoms with Crippen molar-refractivity contribution in [1.29, 1.82) is 0 Å². The van der Waals surface area contributed by atoms with Crippen molar-refractivity contribution < 1.29 is 9.53 Å². The molecule has 0 fully saturated rings. The third kappa shape index (κ3) is 7.49. The molecular formula is C14H25O2. The van der Waals surface area contributed by atoms with Crippen LogP contribution in [0.15, 0.2) is 12.2 Å². The first-order valence-corrected chi connectivity index (χ1v) is 6.28. The highest BCUT2D eigenvalue weighted by Crippen LogP contribution is 2.19. The van der Waals surface area contributed by atoms with Gasteiger partial charge in [-0.05, 0) is 19.8 Å². The Labute approximate surface area is 100 Å². The number of hydrogen-bond acceptors (Lipinski definition) is 2. The third-order valence-electron chi connectivity index (χ3n) is 2.52. The van der Waals surface area contributed by atoms with Gasteiger partial charge in [-0.3, -0.25) is 0 Å². The van der Waals surface area contributed by atoms with Gasteiger partial charge in [0.1, 0.15) is 0 Å². The number of unbranched alkanes of at least 4 members (excludes halogenated alkanes) is 2. The van der Waals surface area contributed by atoms with Crippen LogP contribution < -0.4 is 0 Å². The topological polar surface area (TPSA) is 26.3 Å². The molecule has 93 valence electrons. The molecule has 0 unspecified atom stereocenters. The van der Waals surface area contributed by atoms with Gasteiger partial charge < -0.3 is 4.74 Å². The molecule has 1 radical (unpaired) electrons. The van der Waals surface area contributed by atoms with Crippen molar-refractivity contribution in [3.8, 4) is 0 Å². The Morgan fingerprint density at radius 2 is 1.62 bits per heavy atom. The van der Waals surface area contributed by atoms with Crippen LogP contribution in [-0.2, 0) is 9.53 Å². The highest BCUT2D eigenvalue weighted by Gasteiger charge is 2.12. The van der Waals surface area contributed by atoms with Gasteiger partial charge in [0.2, 0.25) is 0 Å². The second kappa shape index (κ2) is 9.44. The van der Waals surface area contributed by atoms with Gasteiger partial charge in [0.25, 0.3) is 0 Å². The van der Waals surface area contributed by atoms with E-state index in [2.05, 4.69) is 20.4 Å². The van der Waals surface area contributed by atoms with Crippen molar-refractivity contribution in [3.63, 3.8) is 0 Å². The number of carbonyl (C=O) groups excluding carboxylic acids is 1. The molecule has 0 N–H and O–H groups in total. The Morgan fingerprint density at radius 3 is 2.00 bits per heavy atom. The molecule has 0 aromatic carbocycles. The van der Waals surface area contributed by atoms with Crippen LogP contribution in [0.4, 0.5) is 0 Å². The summed E-state index contributed by atoms with van der Waals surface area (Å²) in [6, 6.07) is 0. The van der Waals surface area contributed by atoms with Crippen molar-refractivity contribution >= 4 is 5.97 Å². The van der Waals surface area contributed by atoms with Gasteiger partial charge in [-0.1, -0.05) is 46.1 Å². The van der Waals surface area contributed by atoms with Gasteiger partial charge in [0.15, 0.2) is 0 Å². The lowest BCUT2D eigenvalue weighted by molar-refractivity contribution is -0.138. The van der Waals surface area contributed by atoms with Crippen LogP contribution in [0.1, 0.15) is 59.3 Å². The van der Waals surface area contributed by atoms with Gasteiger partial charge >= 0.3 is 5.97 Å². The molecule has 0 rings (SSSR count). The molecule has 0 saturated heterocycles. The lowest BCUT2D eigenvalue weighted by Crippen LogP contribution is -2.13. The molecule has 2 heteroatoms. The van der Waals surface area contributed by atoms with Gasteiger partial charge in [-0.2, -0.15) is 0 Å². The van der Waals surface area contributed by atoms with E-state index in [0.29, 0.717) is 12.2 Å². The quantitative estimate of drug-likeness (QED) is 0.437. The molecule has 0 spiro atoms. The van der Waals surface area contributed by atoms with Gasteiger partial charge in [0.05, 0.1) is 6.61 Å². The van der Waals surface area contributed by atoms with Crippen molar-refractivity contribution in [2.75, 3.05) is 6.61 Å². The van der Waals surface area contributed by atoms with E-state index in [1.165, 1.54) is 31.6 Å². The van der Waals surface area contributed by atoms with Gasteiger partial charge in [-0.25, -0.2) is 4.79 Å². The predicted molar refractivity (Wildman–Crippen MR) is 68.1 cm³/mol. The zero-order valence-corrected chi connectivity index (χ0v) is 11.0. The fraction of sp³-hybridized carbons (Fsp3) is 0.714. The number of rotatable bonds is 9. The molecule has 16 heavy (non-hydrogen) atoms. The van der Waals surface area contributed by atoms with Crippen LogP contribution in [0.3, 0.4) is 0 Å². The number of hydrogen-bond donors (Lipinski definition) is 0. The van der Waals surface area contributed by atoms with Crippen molar-refractivity contribution in [3.05, 3.63) is 18.1 Å². The highest BCUT2D eigenvalue weighted by molar-refractivity contribution is 5.86. The first kappa shape index (κ1) is 15.2. The van der Waals surface area contributed by atoms with Crippen LogP contribution >= 0.6 is 0 Å². The Bertz CT molecular complexity index is 201. The normalized spacial score (nSPS) is 10.5. The van der Waals surface area contributed by atoms with Crippen molar-refractivity contribution in [2.24, 2.45) is 0 Å². The van der Waals surface area contributed by atoms with E-state index in [1.807, 2.05) is 0 Å². The van der Waals surface area contributed by atoms with Crippen LogP contribution in [-0.4, -0.2) is 12.6 Å². The summed E-state index contributed by atoms with van der Waals surface area (Å²) in [7, 11) is 0. The summed E-state index contributed by atoms with van der Waals surface area (Å²) in [5.74, 6) is 1.09. The molecule has 0 aliphatic rings. The monoisotopic (exact) mass is 225 g/mol. The fourth-order valence-electron chi connectivity index (χ4n) is 1.41. The maximum Gasteiger partial charge on any atom is 0.333 e. The van der Waals surface area contributed by atoms with Crippen molar-refractivity contribution in [1.82, 2.24) is 0 Å². The van der Waals surface area contributed by atoms with Crippen LogP contribution in [0.5, 0.6) is 0 Å². The molecule has 0 aliphatic carbocycles. The Kier molecular flexibility index (Phi) is 8.97. The fourth-order valence-corrected chi connectivity index (χ4v) is 1.41. The second-order valence-corrected chi connectivity index (χ2v) is 4.31. The smallest absolute Gasteiger partial charge is 0.333 e. The number of esters is 1. The third-order valence-corrected chi connectivity index (χ3v) is 2.52. The summed E-state index contributed by atoms with van der Waals surface area (Å²) in [4.78, 5) is 11.3. The SMILES string of the molecule is C=C(C)C(=O)OC[C](CCCC)CCCC. The molecule has 0 amide bonds. The summed E-state index contributed by atoms with van der Waals surface area (Å²) in [5, 5.41) is 0. The number of carbonyl (C=O) groups is 1. The average molecular weight is 225 g/mol. The second-order valence-electron chi connectivity index (χ2n) is 4.31. The zero-order valence-electron chi connectivity index (χ0n) is 11.0. The van der Waals surface area contributed by atoms with E-state index < -0.39 is 0 Å². The Hall–Kier alpha value is -0.790. The molecule has 2 nitrogen and oxygen atoms in total. The van der Waals surface area contributed by atoms with Crippen LogP contribution in [0, 0.1) is 5.92 Å². The van der Waals surface area contributed by atoms with Gasteiger partial charge in [-0.15, -0.1) is 0 Å². The van der Waals surface area contributed by atoms with Crippen molar-refractivity contribution in [2.45, 2.75) is 59.3 Å². The molecule has 0 heterocycles. The molecular weight excluding hydrogens is 200 g/mol. The summed E-state index contributed by atoms with van der Waals surface area (Å²) in [5.41, 5.74) is 0.477. The molecule has 0 aromatic rings. The predicted octanol–water partition coefficient (Wildman–Crippen LogP) is 4.06. The minimum Gasteiger partial charge on any atom is -0.462 e. The van der Waals surface area contributed by atoms with Crippen LogP contribution in [0.25, 0.3) is 0 Å². The first-order chi connectivity index (χ1) is 7.61. The van der Waals surface area contributed by atoms with Crippen LogP contribution in [0.2, 0.25) is 0 Å². The lowest BCUT2D eigenvalue weighted by atomic mass is 9.97. The summed E-state index contributed by atoms with van der Waals surface area (Å²) >= 11 is 0. The highest BCUT2D eigenvalue weighted by atomic mass is 16.5. The van der Waals surface area contributed by atoms with E-state index in [9.17, 15) is 4.79 Å².